The van der Waals surface area contributed by atoms with E-state index in [0.29, 0.717) is 25.1 Å². The van der Waals surface area contributed by atoms with Crippen LogP contribution in [0.4, 0.5) is 0 Å². The molecule has 0 unspecified atom stereocenters. The van der Waals surface area contributed by atoms with Crippen molar-refractivity contribution < 1.29 is 19.4 Å². The molecule has 1 aliphatic rings. The number of carbonyl (C=O) groups is 2. The highest BCUT2D eigenvalue weighted by Gasteiger charge is 2.40. The number of carbonyl (C=O) groups excluding carboxylic acids is 1. The van der Waals surface area contributed by atoms with Crippen molar-refractivity contribution in [2.45, 2.75) is 25.7 Å². The van der Waals surface area contributed by atoms with Gasteiger partial charge in [-0.05, 0) is 31.0 Å². The fourth-order valence-corrected chi connectivity index (χ4v) is 4.19. The molecule has 1 fully saturated rings. The summed E-state index contributed by atoms with van der Waals surface area (Å²) in [6.45, 7) is 2.60. The van der Waals surface area contributed by atoms with Crippen LogP contribution in [0.2, 0.25) is 0 Å². The maximum absolute atomic E-state index is 12.6. The molecular weight excluding hydrogens is 352 g/mol. The van der Waals surface area contributed by atoms with Crippen LogP contribution < -0.4 is 4.74 Å². The summed E-state index contributed by atoms with van der Waals surface area (Å²) >= 11 is 1.55. The largest absolute Gasteiger partial charge is 0.497 e. The average Bonchev–Trinajstić information content (AvgIpc) is 3.26. The summed E-state index contributed by atoms with van der Waals surface area (Å²) in [4.78, 5) is 31.3. The van der Waals surface area contributed by atoms with Crippen LogP contribution in [0.3, 0.4) is 0 Å². The minimum Gasteiger partial charge on any atom is -0.497 e. The highest BCUT2D eigenvalue weighted by Crippen LogP contribution is 2.34. The number of aliphatic carboxylic acids is 1. The van der Waals surface area contributed by atoms with Crippen LogP contribution in [0, 0.1) is 12.8 Å². The van der Waals surface area contributed by atoms with Gasteiger partial charge in [-0.3, -0.25) is 9.59 Å². The number of methoxy groups -OCH3 is 1. The predicted molar refractivity (Wildman–Crippen MR) is 98.6 cm³/mol. The molecule has 1 saturated heterocycles. The van der Waals surface area contributed by atoms with E-state index in [1.165, 1.54) is 0 Å². The lowest BCUT2D eigenvalue weighted by Gasteiger charge is -2.17. The maximum Gasteiger partial charge on any atom is 0.308 e. The number of likely N-dealkylation sites (tertiary alicyclic amines) is 1. The van der Waals surface area contributed by atoms with Gasteiger partial charge in [0.15, 0.2) is 0 Å². The van der Waals surface area contributed by atoms with E-state index in [-0.39, 0.29) is 18.4 Å². The second-order valence-corrected chi connectivity index (χ2v) is 7.43. The molecule has 138 valence electrons. The molecule has 0 saturated carbocycles. The Bertz CT molecular complexity index is 804. The van der Waals surface area contributed by atoms with Crippen LogP contribution in [-0.4, -0.2) is 47.1 Å². The van der Waals surface area contributed by atoms with Crippen LogP contribution in [0.1, 0.15) is 28.5 Å². The number of carboxylic acid groups (broad SMARTS) is 1. The number of benzene rings is 1. The zero-order chi connectivity index (χ0) is 18.7. The molecule has 1 N–H and O–H groups in total. The van der Waals surface area contributed by atoms with E-state index in [1.54, 1.807) is 28.9 Å². The number of aromatic nitrogens is 1. The number of amides is 1. The van der Waals surface area contributed by atoms with Crippen LogP contribution >= 0.6 is 11.3 Å². The first-order chi connectivity index (χ1) is 12.5. The van der Waals surface area contributed by atoms with Crippen molar-refractivity contribution in [1.82, 2.24) is 9.88 Å². The zero-order valence-electron chi connectivity index (χ0n) is 14.8. The quantitative estimate of drug-likeness (QED) is 0.841. The lowest BCUT2D eigenvalue weighted by molar-refractivity contribution is -0.141. The van der Waals surface area contributed by atoms with Gasteiger partial charge in [0.25, 0.3) is 0 Å². The smallest absolute Gasteiger partial charge is 0.308 e. The Labute approximate surface area is 156 Å². The summed E-state index contributed by atoms with van der Waals surface area (Å²) < 4.78 is 5.24. The first-order valence-electron chi connectivity index (χ1n) is 8.53. The molecule has 3 rings (SSSR count). The van der Waals surface area contributed by atoms with Gasteiger partial charge in [-0.2, -0.15) is 0 Å². The van der Waals surface area contributed by atoms with Crippen LogP contribution in [0.15, 0.2) is 29.8 Å². The Morgan fingerprint density at radius 3 is 2.85 bits per heavy atom. The lowest BCUT2D eigenvalue weighted by Crippen LogP contribution is -2.30. The molecule has 1 amide bonds. The Kier molecular flexibility index (Phi) is 5.56. The first-order valence-corrected chi connectivity index (χ1v) is 9.41. The highest BCUT2D eigenvalue weighted by molar-refractivity contribution is 7.09. The molecule has 1 aromatic carbocycles. The summed E-state index contributed by atoms with van der Waals surface area (Å²) in [5, 5.41) is 9.61. The number of hydrogen-bond acceptors (Lipinski definition) is 5. The van der Waals surface area contributed by atoms with E-state index < -0.39 is 11.9 Å². The predicted octanol–water partition coefficient (Wildman–Crippen LogP) is 2.72. The molecule has 1 aromatic heterocycles. The van der Waals surface area contributed by atoms with E-state index >= 15 is 0 Å². The molecule has 2 aromatic rings. The third-order valence-corrected chi connectivity index (χ3v) is 5.92. The Morgan fingerprint density at radius 1 is 1.38 bits per heavy atom. The van der Waals surface area contributed by atoms with E-state index in [1.807, 2.05) is 31.2 Å². The Hall–Kier alpha value is -2.41. The van der Waals surface area contributed by atoms with Gasteiger partial charge >= 0.3 is 5.97 Å². The van der Waals surface area contributed by atoms with E-state index in [9.17, 15) is 14.7 Å². The van der Waals surface area contributed by atoms with E-state index in [2.05, 4.69) is 4.98 Å². The topological polar surface area (TPSA) is 79.7 Å². The highest BCUT2D eigenvalue weighted by atomic mass is 32.1. The summed E-state index contributed by atoms with van der Waals surface area (Å²) in [7, 11) is 1.58. The van der Waals surface area contributed by atoms with Crippen molar-refractivity contribution in [3.63, 3.8) is 0 Å². The number of nitrogens with zero attached hydrogens (tertiary/aromatic N) is 2. The van der Waals surface area contributed by atoms with E-state index in [4.69, 9.17) is 4.74 Å². The Morgan fingerprint density at radius 2 is 2.19 bits per heavy atom. The van der Waals surface area contributed by atoms with Crippen molar-refractivity contribution in [3.05, 3.63) is 45.9 Å². The number of rotatable bonds is 6. The van der Waals surface area contributed by atoms with Gasteiger partial charge in [0.1, 0.15) is 5.75 Å². The lowest BCUT2D eigenvalue weighted by atomic mass is 9.89. The molecule has 2 atom stereocenters. The first kappa shape index (κ1) is 18.4. The van der Waals surface area contributed by atoms with Gasteiger partial charge < -0.3 is 14.7 Å². The zero-order valence-corrected chi connectivity index (χ0v) is 15.7. The number of carboxylic acids is 1. The monoisotopic (exact) mass is 374 g/mol. The summed E-state index contributed by atoms with van der Waals surface area (Å²) in [5.74, 6) is -1.01. The number of hydrogen-bond donors (Lipinski definition) is 1. The third kappa shape index (κ3) is 3.88. The molecule has 6 nitrogen and oxygen atoms in total. The van der Waals surface area contributed by atoms with Crippen molar-refractivity contribution in [2.24, 2.45) is 5.92 Å². The summed E-state index contributed by atoms with van der Waals surface area (Å²) in [5.41, 5.74) is 3.64. The van der Waals surface area contributed by atoms with Crippen LogP contribution in [0.25, 0.3) is 0 Å². The van der Waals surface area contributed by atoms with Gasteiger partial charge in [0.05, 0.1) is 24.2 Å². The Balaban J connectivity index is 1.71. The summed E-state index contributed by atoms with van der Waals surface area (Å²) in [6.07, 6.45) is 1.02. The molecule has 26 heavy (non-hydrogen) atoms. The number of thiazole rings is 1. The van der Waals surface area contributed by atoms with E-state index in [0.717, 1.165) is 16.1 Å². The number of ether oxygens (including phenoxy) is 1. The van der Waals surface area contributed by atoms with Gasteiger partial charge in [0.2, 0.25) is 5.91 Å². The van der Waals surface area contributed by atoms with Gasteiger partial charge in [0, 0.05) is 30.3 Å². The molecule has 1 aliphatic heterocycles. The number of aryl methyl sites for hydroxylation is 2. The van der Waals surface area contributed by atoms with Gasteiger partial charge in [-0.1, -0.05) is 12.1 Å². The SMILES string of the molecule is COc1cccc([C@H]2CN(C(=O)CCc3scnc3C)C[C@@H]2C(=O)O)c1. The third-order valence-electron chi connectivity index (χ3n) is 4.92. The molecular formula is C19H22N2O4S. The van der Waals surface area contributed by atoms with Crippen molar-refractivity contribution in [2.75, 3.05) is 20.2 Å². The van der Waals surface area contributed by atoms with Crippen LogP contribution in [-0.2, 0) is 16.0 Å². The molecule has 0 spiro atoms. The normalized spacial score (nSPS) is 19.5. The molecule has 0 aliphatic carbocycles. The minimum absolute atomic E-state index is 0.00514. The molecule has 7 heteroatoms. The van der Waals surface area contributed by atoms with Crippen molar-refractivity contribution >= 4 is 23.2 Å². The fraction of sp³-hybridized carbons (Fsp3) is 0.421. The van der Waals surface area contributed by atoms with Crippen LogP contribution in [0.5, 0.6) is 5.75 Å². The van der Waals surface area contributed by atoms with Crippen molar-refractivity contribution in [1.29, 1.82) is 0 Å². The van der Waals surface area contributed by atoms with Gasteiger partial charge in [-0.15, -0.1) is 11.3 Å². The standard InChI is InChI=1S/C19H22N2O4S/c1-12-17(26-11-20-12)6-7-18(22)21-9-15(16(10-21)19(23)24)13-4-3-5-14(8-13)25-2/h3-5,8,11,15-16H,6-7,9-10H2,1-2H3,(H,23,24)/t15-,16+/m1/s1. The second-order valence-electron chi connectivity index (χ2n) is 6.49. The van der Waals surface area contributed by atoms with Gasteiger partial charge in [-0.25, -0.2) is 4.98 Å². The summed E-state index contributed by atoms with van der Waals surface area (Å²) in [6, 6.07) is 7.44. The van der Waals surface area contributed by atoms with Crippen molar-refractivity contribution in [3.8, 4) is 5.75 Å². The fourth-order valence-electron chi connectivity index (χ4n) is 3.41. The maximum atomic E-state index is 12.6. The second kappa shape index (κ2) is 7.86. The molecule has 0 bridgehead atoms. The average molecular weight is 374 g/mol. The molecule has 0 radical (unpaired) electrons. The molecule has 2 heterocycles. The minimum atomic E-state index is -0.869.